The van der Waals surface area contributed by atoms with Gasteiger partial charge in [-0.15, -0.1) is 10.2 Å². The summed E-state index contributed by atoms with van der Waals surface area (Å²) in [5.74, 6) is 6.03. The van der Waals surface area contributed by atoms with Crippen LogP contribution < -0.4 is 5.84 Å². The Morgan fingerprint density at radius 2 is 1.70 bits per heavy atom. The molecule has 178 valence electrons. The van der Waals surface area contributed by atoms with E-state index in [0.29, 0.717) is 34.0 Å². The number of hydrogen-bond donors (Lipinski definition) is 1. The average molecular weight is 500 g/mol. The summed E-state index contributed by atoms with van der Waals surface area (Å²) in [6.07, 6.45) is 2.01. The normalized spacial score (nSPS) is 28.3. The summed E-state index contributed by atoms with van der Waals surface area (Å²) in [6, 6.07) is 7.46. The van der Waals surface area contributed by atoms with Crippen LogP contribution in [0.5, 0.6) is 0 Å². The first-order chi connectivity index (χ1) is 15.6. The molecular weight excluding hydrogens is 475 g/mol. The lowest BCUT2D eigenvalue weighted by Gasteiger charge is -2.60. The summed E-state index contributed by atoms with van der Waals surface area (Å²) in [7, 11) is 0. The van der Waals surface area contributed by atoms with Crippen LogP contribution in [0, 0.1) is 17.8 Å². The lowest BCUT2D eigenvalue weighted by molar-refractivity contribution is -0.149. The van der Waals surface area contributed by atoms with Crippen LogP contribution in [0.1, 0.15) is 49.9 Å². The molecular formula is C22H25ClF3N5OS. The van der Waals surface area contributed by atoms with Gasteiger partial charge in [0.2, 0.25) is 11.1 Å². The molecule has 4 aliphatic carbocycles. The monoisotopic (exact) mass is 499 g/mol. The average Bonchev–Trinajstić information content (AvgIpc) is 3.11. The lowest BCUT2D eigenvalue weighted by Crippen LogP contribution is -2.61. The number of rotatable bonds is 6. The summed E-state index contributed by atoms with van der Waals surface area (Å²) in [4.78, 5) is 15.6. The molecule has 0 radical (unpaired) electrons. The molecule has 4 saturated carbocycles. The zero-order valence-electron chi connectivity index (χ0n) is 17.9. The van der Waals surface area contributed by atoms with E-state index in [1.54, 1.807) is 0 Å². The van der Waals surface area contributed by atoms with Crippen molar-refractivity contribution in [3.05, 3.63) is 40.7 Å². The van der Waals surface area contributed by atoms with E-state index in [1.165, 1.54) is 19.3 Å². The maximum absolute atomic E-state index is 13.6. The van der Waals surface area contributed by atoms with Gasteiger partial charge in [0.1, 0.15) is 0 Å². The van der Waals surface area contributed by atoms with E-state index in [1.807, 2.05) is 29.2 Å². The molecule has 4 bridgehead atoms. The molecule has 4 fully saturated rings. The molecule has 6 rings (SSSR count). The smallest absolute Gasteiger partial charge is 0.335 e. The highest BCUT2D eigenvalue weighted by Crippen LogP contribution is 2.58. The molecule has 33 heavy (non-hydrogen) atoms. The van der Waals surface area contributed by atoms with Gasteiger partial charge >= 0.3 is 6.18 Å². The Balaban J connectivity index is 1.38. The van der Waals surface area contributed by atoms with Crippen molar-refractivity contribution >= 4 is 29.3 Å². The Morgan fingerprint density at radius 3 is 2.21 bits per heavy atom. The number of alkyl halides is 3. The number of benzene rings is 1. The van der Waals surface area contributed by atoms with Crippen molar-refractivity contribution in [2.24, 2.45) is 17.8 Å². The van der Waals surface area contributed by atoms with Crippen molar-refractivity contribution in [3.63, 3.8) is 0 Å². The molecule has 1 amide bonds. The standard InChI is InChI=1S/C22H25ClF3N5OS/c23-17-3-1-13(2-4-17)11-30(21-8-14-5-15(9-21)7-16(6-14)10-21)18(32)12-33-20-29-28-19(31(20)27)22(24,25)26/h1-4,14-16H,5-12,27H2. The molecule has 1 heterocycles. The third-order valence-electron chi connectivity index (χ3n) is 7.38. The fourth-order valence-electron chi connectivity index (χ4n) is 6.46. The van der Waals surface area contributed by atoms with Gasteiger partial charge in [0.25, 0.3) is 5.82 Å². The number of amides is 1. The molecule has 0 saturated heterocycles. The minimum Gasteiger partial charge on any atom is -0.335 e. The number of carbonyl (C=O) groups is 1. The molecule has 4 aliphatic rings. The van der Waals surface area contributed by atoms with Crippen molar-refractivity contribution in [2.75, 3.05) is 11.6 Å². The van der Waals surface area contributed by atoms with Gasteiger partial charge in [0.05, 0.1) is 5.75 Å². The van der Waals surface area contributed by atoms with Crippen molar-refractivity contribution in [2.45, 2.75) is 61.9 Å². The molecule has 0 aliphatic heterocycles. The van der Waals surface area contributed by atoms with Gasteiger partial charge in [-0.1, -0.05) is 35.5 Å². The van der Waals surface area contributed by atoms with Crippen molar-refractivity contribution in [3.8, 4) is 0 Å². The summed E-state index contributed by atoms with van der Waals surface area (Å²) >= 11 is 6.93. The molecule has 2 aromatic rings. The van der Waals surface area contributed by atoms with Crippen LogP contribution in [0.3, 0.4) is 0 Å². The van der Waals surface area contributed by atoms with Crippen LogP contribution in [0.4, 0.5) is 13.2 Å². The number of nitrogen functional groups attached to an aromatic ring is 1. The topological polar surface area (TPSA) is 77.0 Å². The van der Waals surface area contributed by atoms with Crippen LogP contribution in [0.25, 0.3) is 0 Å². The van der Waals surface area contributed by atoms with Gasteiger partial charge < -0.3 is 10.7 Å². The Bertz CT molecular complexity index is 1010. The molecule has 0 spiro atoms. The maximum Gasteiger partial charge on any atom is 0.453 e. The van der Waals surface area contributed by atoms with Gasteiger partial charge in [0.15, 0.2) is 0 Å². The van der Waals surface area contributed by atoms with Gasteiger partial charge in [-0.3, -0.25) is 4.79 Å². The van der Waals surface area contributed by atoms with Crippen LogP contribution >= 0.6 is 23.4 Å². The Labute approximate surface area is 199 Å². The SMILES string of the molecule is Nn1c(SCC(=O)N(Cc2ccc(Cl)cc2)C23CC4CC(CC(C4)C2)C3)nnc1C(F)(F)F. The predicted octanol–water partition coefficient (Wildman–Crippen LogP) is 4.75. The number of hydrogen-bond acceptors (Lipinski definition) is 5. The number of nitrogens with two attached hydrogens (primary N) is 1. The minimum atomic E-state index is -4.70. The summed E-state index contributed by atoms with van der Waals surface area (Å²) in [6.45, 7) is 0.450. The zero-order valence-corrected chi connectivity index (χ0v) is 19.5. The van der Waals surface area contributed by atoms with E-state index in [0.717, 1.165) is 36.6 Å². The van der Waals surface area contributed by atoms with Crippen molar-refractivity contribution in [1.82, 2.24) is 19.8 Å². The molecule has 1 aromatic heterocycles. The van der Waals surface area contributed by atoms with Crippen LogP contribution in [0.15, 0.2) is 29.4 Å². The van der Waals surface area contributed by atoms with Gasteiger partial charge in [-0.05, 0) is 74.0 Å². The molecule has 11 heteroatoms. The second kappa shape index (κ2) is 8.37. The van der Waals surface area contributed by atoms with E-state index >= 15 is 0 Å². The Hall–Kier alpha value is -1.94. The van der Waals surface area contributed by atoms with Crippen molar-refractivity contribution in [1.29, 1.82) is 0 Å². The van der Waals surface area contributed by atoms with E-state index < -0.39 is 12.0 Å². The maximum atomic E-state index is 13.6. The third-order valence-corrected chi connectivity index (χ3v) is 8.56. The number of thioether (sulfide) groups is 1. The van der Waals surface area contributed by atoms with Gasteiger partial charge in [-0.25, -0.2) is 4.68 Å². The molecule has 1 aromatic carbocycles. The largest absolute Gasteiger partial charge is 0.453 e. The van der Waals surface area contributed by atoms with Gasteiger partial charge in [0, 0.05) is 17.1 Å². The number of aromatic nitrogens is 3. The highest BCUT2D eigenvalue weighted by atomic mass is 35.5. The molecule has 0 atom stereocenters. The Morgan fingerprint density at radius 1 is 1.12 bits per heavy atom. The van der Waals surface area contributed by atoms with E-state index in [2.05, 4.69) is 10.2 Å². The first kappa shape index (κ1) is 22.8. The predicted molar refractivity (Wildman–Crippen MR) is 119 cm³/mol. The third kappa shape index (κ3) is 4.43. The van der Waals surface area contributed by atoms with E-state index in [9.17, 15) is 18.0 Å². The fourth-order valence-corrected chi connectivity index (χ4v) is 7.32. The molecule has 0 unspecified atom stereocenters. The number of carbonyl (C=O) groups excluding carboxylic acids is 1. The fraction of sp³-hybridized carbons (Fsp3) is 0.591. The highest BCUT2D eigenvalue weighted by Gasteiger charge is 2.54. The zero-order chi connectivity index (χ0) is 23.4. The summed E-state index contributed by atoms with van der Waals surface area (Å²) in [5, 5.41) is 7.19. The Kier molecular flexibility index (Phi) is 5.79. The summed E-state index contributed by atoms with van der Waals surface area (Å²) < 4.78 is 39.4. The first-order valence-corrected chi connectivity index (χ1v) is 12.4. The van der Waals surface area contributed by atoms with Crippen LogP contribution in [-0.2, 0) is 17.5 Å². The van der Waals surface area contributed by atoms with Crippen LogP contribution in [0.2, 0.25) is 5.02 Å². The lowest BCUT2D eigenvalue weighted by atomic mass is 9.52. The summed E-state index contributed by atoms with van der Waals surface area (Å²) in [5.41, 5.74) is 0.786. The number of nitrogens with zero attached hydrogens (tertiary/aromatic N) is 4. The van der Waals surface area contributed by atoms with E-state index in [4.69, 9.17) is 17.4 Å². The first-order valence-electron chi connectivity index (χ1n) is 11.1. The minimum absolute atomic E-state index is 0.0530. The second-order valence-electron chi connectivity index (χ2n) is 9.71. The van der Waals surface area contributed by atoms with Crippen molar-refractivity contribution < 1.29 is 18.0 Å². The molecule has 6 nitrogen and oxygen atoms in total. The highest BCUT2D eigenvalue weighted by molar-refractivity contribution is 7.99. The number of halogens is 4. The van der Waals surface area contributed by atoms with Gasteiger partial charge in [-0.2, -0.15) is 13.2 Å². The molecule has 2 N–H and O–H groups in total. The van der Waals surface area contributed by atoms with Crippen LogP contribution in [-0.4, -0.2) is 37.0 Å². The second-order valence-corrected chi connectivity index (χ2v) is 11.1. The van der Waals surface area contributed by atoms with E-state index in [-0.39, 0.29) is 22.4 Å². The quantitative estimate of drug-likeness (QED) is 0.458.